The van der Waals surface area contributed by atoms with E-state index in [1.807, 2.05) is 46.6 Å². The number of aromatic carboxylic acids is 1. The number of aromatic nitrogens is 3. The van der Waals surface area contributed by atoms with Gasteiger partial charge in [-0.1, -0.05) is 36.7 Å². The van der Waals surface area contributed by atoms with Gasteiger partial charge in [-0.25, -0.2) is 9.18 Å². The fraction of sp³-hybridized carbons (Fsp3) is 0.333. The van der Waals surface area contributed by atoms with Gasteiger partial charge in [0.1, 0.15) is 17.3 Å². The van der Waals surface area contributed by atoms with Crippen molar-refractivity contribution in [2.24, 2.45) is 7.05 Å². The summed E-state index contributed by atoms with van der Waals surface area (Å²) < 4.78 is 23.7. The summed E-state index contributed by atoms with van der Waals surface area (Å²) in [6.45, 7) is 4.50. The van der Waals surface area contributed by atoms with E-state index in [0.29, 0.717) is 49.0 Å². The number of halogens is 2. The molecule has 1 aliphatic heterocycles. The summed E-state index contributed by atoms with van der Waals surface area (Å²) in [7, 11) is 1.95. The summed E-state index contributed by atoms with van der Waals surface area (Å²) in [5.74, 6) is -0.555. The normalized spacial score (nSPS) is 13.7. The SMILES string of the molecule is CCc1c2c(nn1C)CNCCCCn1c(C(=O)O)c(CCCOc3cccc4cc(F)ccc34)c3ccc(Cl)c-2c31. The molecule has 0 aliphatic carbocycles. The maximum Gasteiger partial charge on any atom is 0.352 e. The number of benzene rings is 3. The summed E-state index contributed by atoms with van der Waals surface area (Å²) >= 11 is 6.97. The van der Waals surface area contributed by atoms with E-state index in [4.69, 9.17) is 21.4 Å². The van der Waals surface area contributed by atoms with Crippen molar-refractivity contribution in [3.05, 3.63) is 82.0 Å². The number of aryl methyl sites for hydroxylation is 3. The molecule has 9 heteroatoms. The lowest BCUT2D eigenvalue weighted by Gasteiger charge is -2.14. The quantitative estimate of drug-likeness (QED) is 0.197. The first-order valence-electron chi connectivity index (χ1n) is 14.5. The van der Waals surface area contributed by atoms with Gasteiger partial charge >= 0.3 is 5.97 Å². The van der Waals surface area contributed by atoms with Crippen molar-refractivity contribution in [3.63, 3.8) is 0 Å². The van der Waals surface area contributed by atoms with Crippen LogP contribution in [-0.4, -0.2) is 38.6 Å². The van der Waals surface area contributed by atoms with Gasteiger partial charge in [0.25, 0.3) is 0 Å². The Labute approximate surface area is 248 Å². The zero-order valence-corrected chi connectivity index (χ0v) is 24.6. The number of nitrogens with zero attached hydrogens (tertiary/aromatic N) is 3. The smallest absolute Gasteiger partial charge is 0.352 e. The van der Waals surface area contributed by atoms with Crippen LogP contribution in [0.2, 0.25) is 5.02 Å². The number of carbonyl (C=O) groups is 1. The van der Waals surface area contributed by atoms with E-state index >= 15 is 0 Å². The third-order valence-corrected chi connectivity index (χ3v) is 8.53. The molecule has 0 saturated heterocycles. The number of fused-ring (bicyclic) bond motifs is 3. The molecule has 0 bridgehead atoms. The lowest BCUT2D eigenvalue weighted by molar-refractivity contribution is 0.0684. The summed E-state index contributed by atoms with van der Waals surface area (Å²) in [6, 6.07) is 14.1. The summed E-state index contributed by atoms with van der Waals surface area (Å²) in [4.78, 5) is 12.9. The summed E-state index contributed by atoms with van der Waals surface area (Å²) in [5, 5.41) is 22.0. The molecule has 0 saturated carbocycles. The minimum Gasteiger partial charge on any atom is -0.493 e. The second-order valence-electron chi connectivity index (χ2n) is 10.8. The summed E-state index contributed by atoms with van der Waals surface area (Å²) in [6.07, 6.45) is 3.64. The molecule has 0 atom stereocenters. The van der Waals surface area contributed by atoms with Gasteiger partial charge in [0.15, 0.2) is 0 Å². The molecule has 42 heavy (non-hydrogen) atoms. The monoisotopic (exact) mass is 588 g/mol. The van der Waals surface area contributed by atoms with E-state index in [2.05, 4.69) is 12.2 Å². The number of ether oxygens (including phenoxy) is 1. The highest BCUT2D eigenvalue weighted by Gasteiger charge is 2.29. The van der Waals surface area contributed by atoms with Gasteiger partial charge in [-0.2, -0.15) is 5.10 Å². The van der Waals surface area contributed by atoms with Crippen LogP contribution in [-0.2, 0) is 33.0 Å². The van der Waals surface area contributed by atoms with Crippen LogP contribution in [0.15, 0.2) is 48.5 Å². The van der Waals surface area contributed by atoms with E-state index in [0.717, 1.165) is 75.6 Å². The van der Waals surface area contributed by atoms with Gasteiger partial charge in [-0.15, -0.1) is 0 Å². The van der Waals surface area contributed by atoms with Gasteiger partial charge in [0, 0.05) is 47.7 Å². The van der Waals surface area contributed by atoms with Gasteiger partial charge in [-0.3, -0.25) is 4.68 Å². The van der Waals surface area contributed by atoms with E-state index < -0.39 is 5.97 Å². The lowest BCUT2D eigenvalue weighted by Crippen LogP contribution is -2.16. The molecule has 3 aromatic carbocycles. The number of carboxylic acids is 1. The zero-order chi connectivity index (χ0) is 29.4. The third kappa shape index (κ3) is 5.03. The van der Waals surface area contributed by atoms with Crippen LogP contribution in [0, 0.1) is 5.82 Å². The average Bonchev–Trinajstić information content (AvgIpc) is 3.44. The van der Waals surface area contributed by atoms with Gasteiger partial charge in [0.2, 0.25) is 0 Å². The fourth-order valence-electron chi connectivity index (χ4n) is 6.40. The predicted molar refractivity (Wildman–Crippen MR) is 164 cm³/mol. The lowest BCUT2D eigenvalue weighted by atomic mass is 9.97. The van der Waals surface area contributed by atoms with E-state index in [1.165, 1.54) is 12.1 Å². The first kappa shape index (κ1) is 28.2. The highest BCUT2D eigenvalue weighted by Crippen LogP contribution is 2.43. The maximum atomic E-state index is 13.7. The molecule has 0 fully saturated rings. The van der Waals surface area contributed by atoms with Gasteiger partial charge in [0.05, 0.1) is 22.8 Å². The average molecular weight is 589 g/mol. The van der Waals surface area contributed by atoms with Crippen LogP contribution >= 0.6 is 11.6 Å². The Morgan fingerprint density at radius 2 is 1.98 bits per heavy atom. The molecule has 3 heterocycles. The number of hydrogen-bond acceptors (Lipinski definition) is 4. The highest BCUT2D eigenvalue weighted by molar-refractivity contribution is 6.35. The minimum absolute atomic E-state index is 0.288. The Balaban J connectivity index is 1.42. The molecule has 7 nitrogen and oxygen atoms in total. The van der Waals surface area contributed by atoms with Crippen LogP contribution in [0.3, 0.4) is 0 Å². The first-order chi connectivity index (χ1) is 20.4. The number of carboxylic acid groups (broad SMARTS) is 1. The molecule has 1 aliphatic rings. The maximum absolute atomic E-state index is 13.7. The van der Waals surface area contributed by atoms with E-state index in [9.17, 15) is 14.3 Å². The van der Waals surface area contributed by atoms with E-state index in [-0.39, 0.29) is 5.82 Å². The Morgan fingerprint density at radius 1 is 1.14 bits per heavy atom. The van der Waals surface area contributed by atoms with Crippen molar-refractivity contribution >= 4 is 39.2 Å². The fourth-order valence-corrected chi connectivity index (χ4v) is 6.64. The van der Waals surface area contributed by atoms with Crippen LogP contribution < -0.4 is 10.1 Å². The Hall–Kier alpha value is -3.88. The van der Waals surface area contributed by atoms with Gasteiger partial charge < -0.3 is 19.7 Å². The number of rotatable bonds is 7. The largest absolute Gasteiger partial charge is 0.493 e. The molecule has 0 unspecified atom stereocenters. The molecule has 2 aromatic heterocycles. The number of nitrogens with one attached hydrogen (secondary N) is 1. The zero-order valence-electron chi connectivity index (χ0n) is 23.8. The van der Waals surface area contributed by atoms with Crippen LogP contribution in [0.1, 0.15) is 53.6 Å². The third-order valence-electron chi connectivity index (χ3n) is 8.21. The predicted octanol–water partition coefficient (Wildman–Crippen LogP) is 7.14. The van der Waals surface area contributed by atoms with Crippen molar-refractivity contribution in [3.8, 4) is 16.9 Å². The first-order valence-corrected chi connectivity index (χ1v) is 14.9. The van der Waals surface area contributed by atoms with Crippen LogP contribution in [0.4, 0.5) is 4.39 Å². The van der Waals surface area contributed by atoms with Crippen molar-refractivity contribution < 1.29 is 19.0 Å². The van der Waals surface area contributed by atoms with E-state index in [1.54, 1.807) is 6.07 Å². The van der Waals surface area contributed by atoms with Crippen molar-refractivity contribution in [1.82, 2.24) is 19.7 Å². The second-order valence-corrected chi connectivity index (χ2v) is 11.2. The molecule has 0 amide bonds. The van der Waals surface area contributed by atoms with Gasteiger partial charge in [-0.05, 0) is 79.9 Å². The molecule has 0 spiro atoms. The molecule has 5 aromatic rings. The molecule has 2 N–H and O–H groups in total. The molecule has 0 radical (unpaired) electrons. The standard InChI is InChI=1S/C33H34ClFN4O3/c1-3-27-30-26(37-38(27)2)19-36-15-4-5-16-39-31-24(13-14-25(34)29(30)31)23(32(39)33(40)41)9-7-17-42-28-10-6-8-20-18-21(35)11-12-22(20)28/h6,8,10-14,18,36H,3-5,7,9,15-17,19H2,1-2H3,(H,40,41). The summed E-state index contributed by atoms with van der Waals surface area (Å²) in [5.41, 5.74) is 5.78. The van der Waals surface area contributed by atoms with Crippen molar-refractivity contribution in [1.29, 1.82) is 0 Å². The molecular weight excluding hydrogens is 555 g/mol. The Bertz CT molecular complexity index is 1810. The topological polar surface area (TPSA) is 81.3 Å². The minimum atomic E-state index is -0.949. The molecule has 6 rings (SSSR count). The number of hydrogen-bond donors (Lipinski definition) is 2. The van der Waals surface area contributed by atoms with Crippen molar-refractivity contribution in [2.75, 3.05) is 13.2 Å². The molecule has 218 valence electrons. The van der Waals surface area contributed by atoms with Crippen molar-refractivity contribution in [2.45, 2.75) is 52.1 Å². The Kier molecular flexibility index (Phi) is 7.92. The second kappa shape index (κ2) is 11.8. The van der Waals surface area contributed by atoms with Crippen LogP contribution in [0.25, 0.3) is 32.8 Å². The Morgan fingerprint density at radius 3 is 2.79 bits per heavy atom. The molecular formula is C33H34ClFN4O3. The highest BCUT2D eigenvalue weighted by atomic mass is 35.5. The van der Waals surface area contributed by atoms with Crippen LogP contribution in [0.5, 0.6) is 5.75 Å².